The van der Waals surface area contributed by atoms with E-state index in [9.17, 15) is 0 Å². The van der Waals surface area contributed by atoms with E-state index >= 15 is 0 Å². The largest absolute Gasteiger partial charge is 0.396 e. The van der Waals surface area contributed by atoms with E-state index < -0.39 is 0 Å². The SMILES string of the molecule is CCCO/N=C/C(OCC)OCC. The molecule has 0 unspecified atom stereocenters. The second-order valence-electron chi connectivity index (χ2n) is 2.37. The van der Waals surface area contributed by atoms with Crippen LogP contribution in [0, 0.1) is 0 Å². The van der Waals surface area contributed by atoms with E-state index in [0.29, 0.717) is 19.8 Å². The van der Waals surface area contributed by atoms with Crippen molar-refractivity contribution < 1.29 is 14.3 Å². The van der Waals surface area contributed by atoms with Crippen molar-refractivity contribution in [3.05, 3.63) is 0 Å². The fourth-order valence-corrected chi connectivity index (χ4v) is 0.699. The quantitative estimate of drug-likeness (QED) is 0.253. The molecule has 0 aliphatic heterocycles. The molecule has 0 N–H and O–H groups in total. The van der Waals surface area contributed by atoms with Crippen molar-refractivity contribution in [1.29, 1.82) is 0 Å². The smallest absolute Gasteiger partial charge is 0.197 e. The second-order valence-corrected chi connectivity index (χ2v) is 2.37. The highest BCUT2D eigenvalue weighted by atomic mass is 16.7. The Hall–Kier alpha value is -0.610. The molecule has 0 rings (SSSR count). The molecule has 4 nitrogen and oxygen atoms in total. The molecule has 0 fully saturated rings. The van der Waals surface area contributed by atoms with Crippen LogP contribution in [0.3, 0.4) is 0 Å². The fraction of sp³-hybridized carbons (Fsp3) is 0.889. The molecule has 0 aromatic heterocycles. The first-order valence-electron chi connectivity index (χ1n) is 4.73. The van der Waals surface area contributed by atoms with Crippen LogP contribution < -0.4 is 0 Å². The molecule has 0 bridgehead atoms. The Morgan fingerprint density at radius 3 is 2.23 bits per heavy atom. The van der Waals surface area contributed by atoms with Crippen molar-refractivity contribution in [3.63, 3.8) is 0 Å². The summed E-state index contributed by atoms with van der Waals surface area (Å²) in [6, 6.07) is 0. The van der Waals surface area contributed by atoms with Crippen molar-refractivity contribution in [3.8, 4) is 0 Å². The number of ether oxygens (including phenoxy) is 2. The van der Waals surface area contributed by atoms with E-state index in [2.05, 4.69) is 5.16 Å². The van der Waals surface area contributed by atoms with E-state index in [1.807, 2.05) is 20.8 Å². The van der Waals surface area contributed by atoms with Crippen LogP contribution in [0.5, 0.6) is 0 Å². The Bertz CT molecular complexity index is 122. The molecule has 0 aromatic rings. The number of hydrogen-bond donors (Lipinski definition) is 0. The third kappa shape index (κ3) is 7.74. The lowest BCUT2D eigenvalue weighted by Gasteiger charge is -2.10. The monoisotopic (exact) mass is 189 g/mol. The van der Waals surface area contributed by atoms with Crippen molar-refractivity contribution in [2.24, 2.45) is 5.16 Å². The molecule has 0 amide bonds. The molecule has 0 atom stereocenters. The van der Waals surface area contributed by atoms with Crippen molar-refractivity contribution in [2.45, 2.75) is 33.5 Å². The average molecular weight is 189 g/mol. The van der Waals surface area contributed by atoms with Crippen LogP contribution in [0.2, 0.25) is 0 Å². The maximum atomic E-state index is 5.21. The van der Waals surface area contributed by atoms with E-state index in [1.165, 1.54) is 6.21 Å². The highest BCUT2D eigenvalue weighted by Gasteiger charge is 2.02. The van der Waals surface area contributed by atoms with Crippen molar-refractivity contribution >= 4 is 6.21 Å². The van der Waals surface area contributed by atoms with Gasteiger partial charge in [0.2, 0.25) is 0 Å². The van der Waals surface area contributed by atoms with Crippen LogP contribution in [0.25, 0.3) is 0 Å². The Balaban J connectivity index is 3.58. The first kappa shape index (κ1) is 12.4. The summed E-state index contributed by atoms with van der Waals surface area (Å²) in [5, 5.41) is 3.72. The highest BCUT2D eigenvalue weighted by Crippen LogP contribution is 1.92. The summed E-state index contributed by atoms with van der Waals surface area (Å²) in [5.41, 5.74) is 0. The lowest BCUT2D eigenvalue weighted by molar-refractivity contribution is -0.0884. The molecule has 0 saturated heterocycles. The lowest BCUT2D eigenvalue weighted by atomic mass is 10.5. The first-order valence-corrected chi connectivity index (χ1v) is 4.73. The summed E-state index contributed by atoms with van der Waals surface area (Å²) in [7, 11) is 0. The van der Waals surface area contributed by atoms with Crippen LogP contribution in [0.1, 0.15) is 27.2 Å². The molecule has 0 saturated carbocycles. The molecule has 13 heavy (non-hydrogen) atoms. The fourth-order valence-electron chi connectivity index (χ4n) is 0.699. The zero-order valence-corrected chi connectivity index (χ0v) is 8.66. The third-order valence-corrected chi connectivity index (χ3v) is 1.21. The molecule has 0 heterocycles. The summed E-state index contributed by atoms with van der Waals surface area (Å²) in [6.45, 7) is 7.67. The molecule has 4 heteroatoms. The number of nitrogens with zero attached hydrogens (tertiary/aromatic N) is 1. The summed E-state index contributed by atoms with van der Waals surface area (Å²) in [5.74, 6) is 0. The maximum Gasteiger partial charge on any atom is 0.197 e. The van der Waals surface area contributed by atoms with Gasteiger partial charge in [-0.15, -0.1) is 0 Å². The second kappa shape index (κ2) is 9.48. The Kier molecular flexibility index (Phi) is 9.03. The van der Waals surface area contributed by atoms with Gasteiger partial charge < -0.3 is 14.3 Å². The topological polar surface area (TPSA) is 40.0 Å². The summed E-state index contributed by atoms with van der Waals surface area (Å²) >= 11 is 0. The molecule has 78 valence electrons. The maximum absolute atomic E-state index is 5.21. The van der Waals surface area contributed by atoms with Gasteiger partial charge >= 0.3 is 0 Å². The van der Waals surface area contributed by atoms with Crippen LogP contribution >= 0.6 is 0 Å². The molecule has 0 aliphatic rings. The predicted molar refractivity (Wildman–Crippen MR) is 51.8 cm³/mol. The highest BCUT2D eigenvalue weighted by molar-refractivity contribution is 5.60. The van der Waals surface area contributed by atoms with E-state index in [0.717, 1.165) is 6.42 Å². The normalized spacial score (nSPS) is 11.4. The molecule has 0 radical (unpaired) electrons. The zero-order valence-electron chi connectivity index (χ0n) is 8.66. The van der Waals surface area contributed by atoms with Crippen LogP contribution in [-0.2, 0) is 14.3 Å². The van der Waals surface area contributed by atoms with Gasteiger partial charge in [0.25, 0.3) is 0 Å². The van der Waals surface area contributed by atoms with E-state index in [-0.39, 0.29) is 6.29 Å². The third-order valence-electron chi connectivity index (χ3n) is 1.21. The van der Waals surface area contributed by atoms with Gasteiger partial charge in [-0.1, -0.05) is 12.1 Å². The van der Waals surface area contributed by atoms with Crippen LogP contribution in [0.15, 0.2) is 5.16 Å². The Labute approximate surface area is 79.8 Å². The number of rotatable bonds is 8. The van der Waals surface area contributed by atoms with Crippen molar-refractivity contribution in [1.82, 2.24) is 0 Å². The summed E-state index contributed by atoms with van der Waals surface area (Å²) < 4.78 is 10.4. The summed E-state index contributed by atoms with van der Waals surface area (Å²) in [4.78, 5) is 4.92. The van der Waals surface area contributed by atoms with Gasteiger partial charge in [0.05, 0.1) is 6.21 Å². The van der Waals surface area contributed by atoms with Gasteiger partial charge in [-0.05, 0) is 20.3 Å². The van der Waals surface area contributed by atoms with Gasteiger partial charge in [0.15, 0.2) is 6.29 Å². The van der Waals surface area contributed by atoms with Gasteiger partial charge in [-0.3, -0.25) is 0 Å². The van der Waals surface area contributed by atoms with Gasteiger partial charge in [-0.25, -0.2) is 0 Å². The molecule has 0 aliphatic carbocycles. The minimum Gasteiger partial charge on any atom is -0.396 e. The molecule has 0 aromatic carbocycles. The molecular weight excluding hydrogens is 170 g/mol. The number of oxime groups is 1. The molecular formula is C9H19NO3. The van der Waals surface area contributed by atoms with Gasteiger partial charge in [0.1, 0.15) is 6.61 Å². The predicted octanol–water partition coefficient (Wildman–Crippen LogP) is 1.80. The van der Waals surface area contributed by atoms with E-state index in [1.54, 1.807) is 0 Å². The van der Waals surface area contributed by atoms with E-state index in [4.69, 9.17) is 14.3 Å². The average Bonchev–Trinajstić information content (AvgIpc) is 2.13. The van der Waals surface area contributed by atoms with Crippen molar-refractivity contribution in [2.75, 3.05) is 19.8 Å². The standard InChI is InChI=1S/C9H19NO3/c1-4-7-13-10-8-9(11-5-2)12-6-3/h8-9H,4-7H2,1-3H3/b10-8+. The van der Waals surface area contributed by atoms with Gasteiger partial charge in [-0.2, -0.15) is 0 Å². The minimum absolute atomic E-state index is 0.383. The minimum atomic E-state index is -0.383. The number of hydrogen-bond acceptors (Lipinski definition) is 4. The first-order chi connectivity index (χ1) is 6.35. The lowest BCUT2D eigenvalue weighted by Crippen LogP contribution is -2.18. The molecule has 0 spiro atoms. The summed E-state index contributed by atoms with van der Waals surface area (Å²) in [6.07, 6.45) is 2.10. The van der Waals surface area contributed by atoms with Crippen LogP contribution in [-0.4, -0.2) is 32.3 Å². The zero-order chi connectivity index (χ0) is 9.94. The Morgan fingerprint density at radius 1 is 1.15 bits per heavy atom. The van der Waals surface area contributed by atoms with Gasteiger partial charge in [0, 0.05) is 13.2 Å². The van der Waals surface area contributed by atoms with Crippen LogP contribution in [0.4, 0.5) is 0 Å². The Morgan fingerprint density at radius 2 is 1.77 bits per heavy atom.